The van der Waals surface area contributed by atoms with Crippen molar-refractivity contribution in [3.63, 3.8) is 0 Å². The number of methoxy groups -OCH3 is 1. The quantitative estimate of drug-likeness (QED) is 0.267. The van der Waals surface area contributed by atoms with Crippen molar-refractivity contribution in [3.05, 3.63) is 72.3 Å². The summed E-state index contributed by atoms with van der Waals surface area (Å²) in [4.78, 5) is 38.5. The molecule has 0 unspecified atom stereocenters. The second kappa shape index (κ2) is 12.1. The number of hydrogen-bond donors (Lipinski definition) is 3. The van der Waals surface area contributed by atoms with Gasteiger partial charge in [-0.05, 0) is 24.3 Å². The van der Waals surface area contributed by atoms with Crippen molar-refractivity contribution < 1.29 is 36.3 Å². The number of ether oxygens (including phenoxy) is 1. The highest BCUT2D eigenvalue weighted by molar-refractivity contribution is 7.91. The third-order valence-electron chi connectivity index (χ3n) is 5.34. The molecule has 2 aromatic heterocycles. The van der Waals surface area contributed by atoms with Gasteiger partial charge in [0.15, 0.2) is 42.7 Å². The van der Waals surface area contributed by atoms with E-state index in [1.54, 1.807) is 12.1 Å². The molecule has 0 aliphatic carbocycles. The van der Waals surface area contributed by atoms with E-state index >= 15 is 0 Å². The number of aromatic nitrogens is 4. The van der Waals surface area contributed by atoms with Crippen molar-refractivity contribution in [2.24, 2.45) is 0 Å². The van der Waals surface area contributed by atoms with Gasteiger partial charge in [-0.3, -0.25) is 0 Å². The minimum Gasteiger partial charge on any atom is -0.476 e. The molecule has 0 radical (unpaired) electrons. The summed E-state index contributed by atoms with van der Waals surface area (Å²) >= 11 is 0. The molecule has 0 fully saturated rings. The molecule has 4 aromatic rings. The first-order valence-electron chi connectivity index (χ1n) is 11.3. The number of esters is 1. The highest BCUT2D eigenvalue weighted by Gasteiger charge is 2.16. The second-order valence-electron chi connectivity index (χ2n) is 8.37. The van der Waals surface area contributed by atoms with Crippen LogP contribution in [-0.4, -0.2) is 73.4 Å². The lowest BCUT2D eigenvalue weighted by atomic mass is 10.1. The average Bonchev–Trinajstić information content (AvgIpc) is 2.92. The van der Waals surface area contributed by atoms with Crippen LogP contribution in [0.25, 0.3) is 22.5 Å². The Kier molecular flexibility index (Phi) is 8.99. The van der Waals surface area contributed by atoms with Crippen molar-refractivity contribution in [2.45, 2.75) is 9.79 Å². The molecular formula is C25H24N6O8S2. The number of nitrogens with zero attached hydrogens (tertiary/aromatic N) is 4. The van der Waals surface area contributed by atoms with Gasteiger partial charge in [0, 0.05) is 23.6 Å². The van der Waals surface area contributed by atoms with E-state index in [9.17, 15) is 26.4 Å². The predicted octanol–water partition coefficient (Wildman–Crippen LogP) is 1.74. The van der Waals surface area contributed by atoms with E-state index in [4.69, 9.17) is 16.6 Å². The summed E-state index contributed by atoms with van der Waals surface area (Å²) in [6, 6.07) is 12.0. The number of carboxylic acid groups (broad SMARTS) is 1. The van der Waals surface area contributed by atoms with E-state index in [2.05, 4.69) is 24.7 Å². The fourth-order valence-electron chi connectivity index (χ4n) is 3.23. The largest absolute Gasteiger partial charge is 0.476 e. The Hall–Kier alpha value is -4.96. The number of nitrogen functional groups attached to an aromatic ring is 2. The van der Waals surface area contributed by atoms with Crippen LogP contribution >= 0.6 is 0 Å². The minimum atomic E-state index is -3.28. The zero-order chi connectivity index (χ0) is 30.5. The van der Waals surface area contributed by atoms with Crippen LogP contribution in [0.15, 0.2) is 70.7 Å². The van der Waals surface area contributed by atoms with E-state index < -0.39 is 31.6 Å². The molecule has 0 saturated heterocycles. The molecule has 4 rings (SSSR count). The van der Waals surface area contributed by atoms with Crippen molar-refractivity contribution in [2.75, 3.05) is 31.1 Å². The van der Waals surface area contributed by atoms with Crippen molar-refractivity contribution in [1.82, 2.24) is 19.9 Å². The van der Waals surface area contributed by atoms with E-state index in [0.717, 1.165) is 12.5 Å². The number of rotatable bonds is 6. The van der Waals surface area contributed by atoms with Gasteiger partial charge in [0.2, 0.25) is 0 Å². The lowest BCUT2D eigenvalue weighted by Gasteiger charge is -2.06. The highest BCUT2D eigenvalue weighted by atomic mass is 32.2. The first kappa shape index (κ1) is 30.6. The van der Waals surface area contributed by atoms with E-state index in [1.807, 2.05) is 0 Å². The summed E-state index contributed by atoms with van der Waals surface area (Å²) in [6.45, 7) is 0. The standard InChI is InChI=1S/C13H13N3O4S.C12H11N3O4S/c1-20-13(17)11-12(14)15-7-10(16-11)8-3-5-9(6-4-8)21(2,18)19;1-20(18,19)8-4-2-7(3-5-8)9-6-14-11(13)10(15-9)12(16)17/h3-7H,1-2H3,(H2,14,15);2-6H,1H3,(H2,13,14)(H,16,17). The number of benzene rings is 2. The van der Waals surface area contributed by atoms with Crippen LogP contribution in [0.1, 0.15) is 21.0 Å². The number of anilines is 2. The first-order chi connectivity index (χ1) is 19.1. The van der Waals surface area contributed by atoms with Crippen LogP contribution < -0.4 is 11.5 Å². The Balaban J connectivity index is 0.000000226. The summed E-state index contributed by atoms with van der Waals surface area (Å²) in [7, 11) is -5.33. The van der Waals surface area contributed by atoms with Crippen LogP contribution in [0.5, 0.6) is 0 Å². The predicted molar refractivity (Wildman–Crippen MR) is 148 cm³/mol. The molecule has 0 aliphatic heterocycles. The van der Waals surface area contributed by atoms with Crippen LogP contribution in [0, 0.1) is 0 Å². The Labute approximate surface area is 234 Å². The third kappa shape index (κ3) is 7.58. The van der Waals surface area contributed by atoms with Crippen LogP contribution in [0.3, 0.4) is 0 Å². The molecule has 0 atom stereocenters. The van der Waals surface area contributed by atoms with Gasteiger partial charge in [-0.25, -0.2) is 46.4 Å². The van der Waals surface area contributed by atoms with Crippen LogP contribution in [0.2, 0.25) is 0 Å². The number of carbonyl (C=O) groups is 2. The molecule has 0 bridgehead atoms. The van der Waals surface area contributed by atoms with Crippen LogP contribution in [-0.2, 0) is 24.4 Å². The Morgan fingerprint density at radius 2 is 1.07 bits per heavy atom. The van der Waals surface area contributed by atoms with Crippen molar-refractivity contribution in [1.29, 1.82) is 0 Å². The number of nitrogens with two attached hydrogens (primary N) is 2. The number of aromatic carboxylic acids is 1. The first-order valence-corrected chi connectivity index (χ1v) is 15.1. The highest BCUT2D eigenvalue weighted by Crippen LogP contribution is 2.22. The van der Waals surface area contributed by atoms with Crippen molar-refractivity contribution in [3.8, 4) is 22.5 Å². The molecule has 0 saturated carbocycles. The summed E-state index contributed by atoms with van der Waals surface area (Å²) in [5, 5.41) is 8.93. The van der Waals surface area contributed by atoms with Gasteiger partial charge in [0.05, 0.1) is 40.7 Å². The van der Waals surface area contributed by atoms with E-state index in [1.165, 1.54) is 55.9 Å². The number of carbonyl (C=O) groups excluding carboxylic acids is 1. The third-order valence-corrected chi connectivity index (χ3v) is 7.60. The molecule has 41 heavy (non-hydrogen) atoms. The fraction of sp³-hybridized carbons (Fsp3) is 0.120. The van der Waals surface area contributed by atoms with Crippen molar-refractivity contribution >= 4 is 43.2 Å². The Morgan fingerprint density at radius 1 is 0.707 bits per heavy atom. The fourth-order valence-corrected chi connectivity index (χ4v) is 4.49. The molecule has 0 amide bonds. The van der Waals surface area contributed by atoms with Gasteiger partial charge in [-0.2, -0.15) is 0 Å². The van der Waals surface area contributed by atoms with Gasteiger partial charge in [-0.15, -0.1) is 0 Å². The maximum Gasteiger partial charge on any atom is 0.360 e. The smallest absolute Gasteiger partial charge is 0.360 e. The number of sulfone groups is 2. The maximum absolute atomic E-state index is 11.5. The molecule has 5 N–H and O–H groups in total. The van der Waals surface area contributed by atoms with Gasteiger partial charge in [0.1, 0.15) is 0 Å². The second-order valence-corrected chi connectivity index (χ2v) is 12.4. The molecule has 2 aromatic carbocycles. The molecule has 2 heterocycles. The van der Waals surface area contributed by atoms with Gasteiger partial charge in [0.25, 0.3) is 0 Å². The monoisotopic (exact) mass is 600 g/mol. The number of carboxylic acids is 1. The van der Waals surface area contributed by atoms with E-state index in [-0.39, 0.29) is 32.8 Å². The zero-order valence-corrected chi connectivity index (χ0v) is 23.5. The number of hydrogen-bond acceptors (Lipinski definition) is 13. The van der Waals surface area contributed by atoms with Gasteiger partial charge < -0.3 is 21.3 Å². The Bertz CT molecular complexity index is 1830. The normalized spacial score (nSPS) is 11.2. The summed E-state index contributed by atoms with van der Waals surface area (Å²) in [6.07, 6.45) is 4.96. The average molecular weight is 601 g/mol. The summed E-state index contributed by atoms with van der Waals surface area (Å²) < 4.78 is 50.1. The van der Waals surface area contributed by atoms with Gasteiger partial charge in [-0.1, -0.05) is 24.3 Å². The topological polar surface area (TPSA) is 235 Å². The minimum absolute atomic E-state index is 0.0293. The summed E-state index contributed by atoms with van der Waals surface area (Å²) in [5.41, 5.74) is 12.4. The lowest BCUT2D eigenvalue weighted by Crippen LogP contribution is -2.10. The summed E-state index contributed by atoms with van der Waals surface area (Å²) in [5.74, 6) is -2.16. The molecule has 16 heteroatoms. The van der Waals surface area contributed by atoms with Gasteiger partial charge >= 0.3 is 11.9 Å². The molecule has 0 aliphatic rings. The van der Waals surface area contributed by atoms with Crippen LogP contribution in [0.4, 0.5) is 11.6 Å². The molecule has 0 spiro atoms. The maximum atomic E-state index is 11.5. The van der Waals surface area contributed by atoms with E-state index in [0.29, 0.717) is 22.5 Å². The SMILES string of the molecule is COC(=O)c1nc(-c2ccc(S(C)(=O)=O)cc2)cnc1N.CS(=O)(=O)c1ccc(-c2cnc(N)c(C(=O)O)n2)cc1. The lowest BCUT2D eigenvalue weighted by molar-refractivity contribution is 0.0594. The molecule has 214 valence electrons. The molecule has 14 nitrogen and oxygen atoms in total. The Morgan fingerprint density at radius 3 is 1.41 bits per heavy atom. The zero-order valence-electron chi connectivity index (χ0n) is 21.8. The molecular weight excluding hydrogens is 576 g/mol.